The maximum absolute atomic E-state index is 12.4. The molecule has 0 saturated carbocycles. The third-order valence-electron chi connectivity index (χ3n) is 1.72. The van der Waals surface area contributed by atoms with Gasteiger partial charge in [0.15, 0.2) is 0 Å². The molecule has 0 saturated heterocycles. The summed E-state index contributed by atoms with van der Waals surface area (Å²) in [7, 11) is 0. The molecule has 5 heteroatoms. The first-order valence-corrected chi connectivity index (χ1v) is 5.76. The second-order valence-electron chi connectivity index (χ2n) is 2.53. The summed E-state index contributed by atoms with van der Waals surface area (Å²) in [5.74, 6) is 0. The molecule has 13 heavy (non-hydrogen) atoms. The van der Waals surface area contributed by atoms with Crippen LogP contribution in [0.4, 0.5) is 8.78 Å². The third kappa shape index (κ3) is 2.37. The van der Waals surface area contributed by atoms with Crippen molar-refractivity contribution in [2.45, 2.75) is 18.7 Å². The number of alkyl halides is 3. The summed E-state index contributed by atoms with van der Waals surface area (Å²) in [6, 6.07) is 0. The zero-order chi connectivity index (χ0) is 10.0. The van der Waals surface area contributed by atoms with Crippen LogP contribution in [0.1, 0.15) is 23.2 Å². The van der Waals surface area contributed by atoms with Crippen molar-refractivity contribution in [1.82, 2.24) is 4.98 Å². The van der Waals surface area contributed by atoms with Gasteiger partial charge in [0.05, 0.1) is 0 Å². The molecule has 0 aliphatic heterocycles. The van der Waals surface area contributed by atoms with Gasteiger partial charge < -0.3 is 0 Å². The Morgan fingerprint density at radius 2 is 2.23 bits per heavy atom. The summed E-state index contributed by atoms with van der Waals surface area (Å²) in [6.45, 7) is 1.81. The topological polar surface area (TPSA) is 12.9 Å². The molecule has 0 amide bonds. The number of halogens is 4. The van der Waals surface area contributed by atoms with E-state index in [0.29, 0.717) is 8.90 Å². The maximum atomic E-state index is 12.4. The van der Waals surface area contributed by atoms with Gasteiger partial charge in [-0.3, -0.25) is 4.98 Å². The lowest BCUT2D eigenvalue weighted by Crippen LogP contribution is -1.99. The average Bonchev–Trinajstić information content (AvgIpc) is 2.04. The van der Waals surface area contributed by atoms with Crippen molar-refractivity contribution in [1.29, 1.82) is 0 Å². The molecular formula is C8H7BrF2IN. The first-order valence-electron chi connectivity index (χ1n) is 3.56. The zero-order valence-corrected chi connectivity index (χ0v) is 10.6. The van der Waals surface area contributed by atoms with Crippen molar-refractivity contribution >= 4 is 38.5 Å². The number of pyridine rings is 1. The smallest absolute Gasteiger partial charge is 0.261 e. The van der Waals surface area contributed by atoms with Gasteiger partial charge in [-0.15, -0.1) is 0 Å². The highest BCUT2D eigenvalue weighted by molar-refractivity contribution is 14.1. The average molecular weight is 362 g/mol. The minimum Gasteiger partial charge on any atom is -0.261 e. The van der Waals surface area contributed by atoms with Gasteiger partial charge in [-0.25, -0.2) is 8.78 Å². The number of aromatic nitrogens is 1. The Hall–Kier alpha value is 0.220. The van der Waals surface area contributed by atoms with Gasteiger partial charge in [0, 0.05) is 26.4 Å². The summed E-state index contributed by atoms with van der Waals surface area (Å²) in [5, 5.41) is 0.560. The highest BCUT2D eigenvalue weighted by Gasteiger charge is 2.15. The monoisotopic (exact) mass is 361 g/mol. The third-order valence-corrected chi connectivity index (χ3v) is 3.56. The highest BCUT2D eigenvalue weighted by Crippen LogP contribution is 2.28. The largest absolute Gasteiger partial charge is 0.266 e. The molecule has 0 aromatic carbocycles. The lowest BCUT2D eigenvalue weighted by Gasteiger charge is -2.09. The van der Waals surface area contributed by atoms with Crippen molar-refractivity contribution in [2.24, 2.45) is 0 Å². The van der Waals surface area contributed by atoms with Crippen LogP contribution in [0, 0.1) is 10.5 Å². The normalized spacial score (nSPS) is 10.9. The fourth-order valence-corrected chi connectivity index (χ4v) is 3.11. The summed E-state index contributed by atoms with van der Waals surface area (Å²) in [6.07, 6.45) is -1.20. The predicted molar refractivity (Wildman–Crippen MR) is 59.3 cm³/mol. The minimum absolute atomic E-state index is 0.0145. The van der Waals surface area contributed by atoms with E-state index in [1.807, 2.05) is 29.5 Å². The van der Waals surface area contributed by atoms with Crippen molar-refractivity contribution in [3.63, 3.8) is 0 Å². The first kappa shape index (κ1) is 11.3. The van der Waals surface area contributed by atoms with Gasteiger partial charge in [0.2, 0.25) is 0 Å². The van der Waals surface area contributed by atoms with Gasteiger partial charge in [0.25, 0.3) is 6.43 Å². The lowest BCUT2D eigenvalue weighted by molar-refractivity contribution is 0.150. The summed E-state index contributed by atoms with van der Waals surface area (Å²) >= 11 is 5.18. The van der Waals surface area contributed by atoms with E-state index >= 15 is 0 Å². The quantitative estimate of drug-likeness (QED) is 0.576. The Balaban J connectivity index is 3.27. The molecule has 0 bridgehead atoms. The van der Waals surface area contributed by atoms with Gasteiger partial charge in [-0.1, -0.05) is 15.9 Å². The molecule has 1 aromatic rings. The molecule has 72 valence electrons. The molecule has 0 radical (unpaired) electrons. The number of rotatable bonds is 2. The Morgan fingerprint density at radius 1 is 1.62 bits per heavy atom. The molecular weight excluding hydrogens is 355 g/mol. The minimum atomic E-state index is -2.45. The molecule has 0 N–H and O–H groups in total. The van der Waals surface area contributed by atoms with Gasteiger partial charge in [-0.05, 0) is 35.1 Å². The molecule has 0 atom stereocenters. The van der Waals surface area contributed by atoms with Crippen LogP contribution in [0.2, 0.25) is 0 Å². The number of hydrogen-bond donors (Lipinski definition) is 0. The van der Waals surface area contributed by atoms with E-state index < -0.39 is 6.43 Å². The van der Waals surface area contributed by atoms with E-state index in [-0.39, 0.29) is 5.56 Å². The molecule has 0 spiro atoms. The summed E-state index contributed by atoms with van der Waals surface area (Å²) < 4.78 is 25.4. The van der Waals surface area contributed by atoms with E-state index in [4.69, 9.17) is 0 Å². The van der Waals surface area contributed by atoms with Gasteiger partial charge in [0.1, 0.15) is 0 Å². The maximum Gasteiger partial charge on any atom is 0.266 e. The lowest BCUT2D eigenvalue weighted by atomic mass is 10.2. The molecule has 0 aliphatic carbocycles. The Bertz CT molecular complexity index is 317. The molecule has 1 nitrogen and oxygen atoms in total. The highest BCUT2D eigenvalue weighted by atomic mass is 127. The molecule has 1 aromatic heterocycles. The first-order chi connectivity index (χ1) is 6.07. The second kappa shape index (κ2) is 4.63. The van der Waals surface area contributed by atoms with Crippen molar-refractivity contribution in [2.75, 3.05) is 0 Å². The van der Waals surface area contributed by atoms with Crippen molar-refractivity contribution in [3.8, 4) is 0 Å². The van der Waals surface area contributed by atoms with E-state index in [1.54, 1.807) is 0 Å². The van der Waals surface area contributed by atoms with Crippen LogP contribution in [-0.2, 0) is 5.33 Å². The molecule has 0 aliphatic rings. The van der Waals surface area contributed by atoms with E-state index in [1.165, 1.54) is 6.20 Å². The van der Waals surface area contributed by atoms with Crippen molar-refractivity contribution in [3.05, 3.63) is 26.6 Å². The van der Waals surface area contributed by atoms with Crippen LogP contribution >= 0.6 is 38.5 Å². The number of hydrogen-bond acceptors (Lipinski definition) is 1. The fourth-order valence-electron chi connectivity index (χ4n) is 0.942. The van der Waals surface area contributed by atoms with Crippen LogP contribution in [0.25, 0.3) is 0 Å². The number of aryl methyl sites for hydroxylation is 1. The summed E-state index contributed by atoms with van der Waals surface area (Å²) in [4.78, 5) is 3.92. The fraction of sp³-hybridized carbons (Fsp3) is 0.375. The van der Waals surface area contributed by atoms with Crippen LogP contribution in [0.3, 0.4) is 0 Å². The Kier molecular flexibility index (Phi) is 4.03. The van der Waals surface area contributed by atoms with Crippen molar-refractivity contribution < 1.29 is 8.78 Å². The Labute approximate surface area is 97.2 Å². The molecule has 0 fully saturated rings. The summed E-state index contributed by atoms with van der Waals surface area (Å²) in [5.41, 5.74) is 1.66. The van der Waals surface area contributed by atoms with E-state index in [0.717, 1.165) is 11.3 Å². The van der Waals surface area contributed by atoms with Gasteiger partial charge >= 0.3 is 0 Å². The van der Waals surface area contributed by atoms with Crippen LogP contribution in [0.15, 0.2) is 6.20 Å². The van der Waals surface area contributed by atoms with Crippen LogP contribution < -0.4 is 0 Å². The zero-order valence-electron chi connectivity index (χ0n) is 6.82. The van der Waals surface area contributed by atoms with Crippen LogP contribution in [-0.4, -0.2) is 4.98 Å². The van der Waals surface area contributed by atoms with E-state index in [9.17, 15) is 8.78 Å². The Morgan fingerprint density at radius 3 is 2.69 bits per heavy atom. The SMILES string of the molecule is Cc1ncc(C(F)F)c(I)c1CBr. The molecule has 1 rings (SSSR count). The number of nitrogens with zero attached hydrogens (tertiary/aromatic N) is 1. The predicted octanol–water partition coefficient (Wildman–Crippen LogP) is 3.83. The second-order valence-corrected chi connectivity index (χ2v) is 4.17. The van der Waals surface area contributed by atoms with E-state index in [2.05, 4.69) is 20.9 Å². The molecule has 0 unspecified atom stereocenters. The standard InChI is InChI=1S/C8H7BrF2IN/c1-4-5(2-9)7(12)6(3-13-4)8(10)11/h3,8H,2H2,1H3. The molecule has 1 heterocycles. The van der Waals surface area contributed by atoms with Gasteiger partial charge in [-0.2, -0.15) is 0 Å². The van der Waals surface area contributed by atoms with Crippen LogP contribution in [0.5, 0.6) is 0 Å².